The second kappa shape index (κ2) is 10.7. The summed E-state index contributed by atoms with van der Waals surface area (Å²) in [5.74, 6) is 2.04. The van der Waals surface area contributed by atoms with Crippen molar-refractivity contribution >= 4 is 17.7 Å². The maximum Gasteiger partial charge on any atom is 0.230 e. The van der Waals surface area contributed by atoms with Crippen molar-refractivity contribution in [3.05, 3.63) is 84.4 Å². The number of carbonyl (C=O) groups is 1. The lowest BCUT2D eigenvalue weighted by Crippen LogP contribution is -2.24. The van der Waals surface area contributed by atoms with Gasteiger partial charge in [0.1, 0.15) is 0 Å². The maximum absolute atomic E-state index is 12.5. The Bertz CT molecular complexity index is 1160. The predicted octanol–water partition coefficient (Wildman–Crippen LogP) is 4.36. The molecule has 0 unspecified atom stereocenters. The van der Waals surface area contributed by atoms with Crippen LogP contribution in [-0.4, -0.2) is 40.6 Å². The summed E-state index contributed by atoms with van der Waals surface area (Å²) in [5.41, 5.74) is 2.70. The first kappa shape index (κ1) is 22.4. The van der Waals surface area contributed by atoms with Gasteiger partial charge in [-0.05, 0) is 18.2 Å². The maximum atomic E-state index is 12.5. The van der Waals surface area contributed by atoms with E-state index in [4.69, 9.17) is 14.5 Å². The lowest BCUT2D eigenvalue weighted by Gasteiger charge is -2.13. The van der Waals surface area contributed by atoms with Gasteiger partial charge in [-0.2, -0.15) is 0 Å². The first-order valence-corrected chi connectivity index (χ1v) is 11.4. The minimum Gasteiger partial charge on any atom is -0.493 e. The molecule has 0 aliphatic carbocycles. The highest BCUT2D eigenvalue weighted by atomic mass is 32.2. The summed E-state index contributed by atoms with van der Waals surface area (Å²) in [7, 11) is 3.17. The van der Waals surface area contributed by atoms with Crippen LogP contribution in [0.5, 0.6) is 11.5 Å². The number of methoxy groups -OCH3 is 2. The quantitative estimate of drug-likeness (QED) is 0.374. The third-order valence-corrected chi connectivity index (χ3v) is 5.75. The van der Waals surface area contributed by atoms with Crippen LogP contribution >= 0.6 is 11.8 Å². The molecule has 1 aromatic heterocycles. The molecule has 0 spiro atoms. The molecule has 0 aliphatic heterocycles. The molecule has 0 saturated carbocycles. The molecule has 0 saturated heterocycles. The SMILES string of the molecule is COc1cccc(CNC(=O)CSc2nc(-c3ccccc3)n(-c3ccccc3)n2)c1OC. The highest BCUT2D eigenvalue weighted by molar-refractivity contribution is 7.99. The molecule has 1 amide bonds. The van der Waals surface area contributed by atoms with Crippen LogP contribution in [0.15, 0.2) is 84.0 Å². The molecule has 0 atom stereocenters. The van der Waals surface area contributed by atoms with Gasteiger partial charge in [0.05, 0.1) is 25.7 Å². The Balaban J connectivity index is 1.46. The van der Waals surface area contributed by atoms with Crippen LogP contribution in [0.3, 0.4) is 0 Å². The molecule has 3 aromatic carbocycles. The van der Waals surface area contributed by atoms with E-state index in [1.807, 2.05) is 78.9 Å². The molecular formula is C25H24N4O3S. The fourth-order valence-corrected chi connectivity index (χ4v) is 4.00. The van der Waals surface area contributed by atoms with Crippen molar-refractivity contribution in [1.29, 1.82) is 0 Å². The zero-order chi connectivity index (χ0) is 23.0. The van der Waals surface area contributed by atoms with Crippen molar-refractivity contribution in [1.82, 2.24) is 20.1 Å². The van der Waals surface area contributed by atoms with Crippen molar-refractivity contribution in [3.63, 3.8) is 0 Å². The number of carbonyl (C=O) groups excluding carboxylic acids is 1. The molecule has 4 aromatic rings. The number of ether oxygens (including phenoxy) is 2. The Morgan fingerprint density at radius 3 is 2.36 bits per heavy atom. The van der Waals surface area contributed by atoms with E-state index in [1.165, 1.54) is 11.8 Å². The number of aromatic nitrogens is 3. The van der Waals surface area contributed by atoms with Gasteiger partial charge in [-0.3, -0.25) is 4.79 Å². The van der Waals surface area contributed by atoms with Gasteiger partial charge < -0.3 is 14.8 Å². The number of amides is 1. The molecular weight excluding hydrogens is 436 g/mol. The Morgan fingerprint density at radius 2 is 1.67 bits per heavy atom. The zero-order valence-corrected chi connectivity index (χ0v) is 19.2. The normalized spacial score (nSPS) is 10.6. The average molecular weight is 461 g/mol. The molecule has 0 aliphatic rings. The van der Waals surface area contributed by atoms with Gasteiger partial charge in [-0.15, -0.1) is 5.10 Å². The fourth-order valence-electron chi connectivity index (χ4n) is 3.35. The molecule has 1 heterocycles. The lowest BCUT2D eigenvalue weighted by atomic mass is 10.2. The van der Waals surface area contributed by atoms with Crippen molar-refractivity contribution < 1.29 is 14.3 Å². The van der Waals surface area contributed by atoms with E-state index in [9.17, 15) is 4.79 Å². The van der Waals surface area contributed by atoms with Crippen LogP contribution in [0, 0.1) is 0 Å². The Kier molecular flexibility index (Phi) is 7.26. The highest BCUT2D eigenvalue weighted by Crippen LogP contribution is 2.30. The summed E-state index contributed by atoms with van der Waals surface area (Å²) in [6.07, 6.45) is 0. The van der Waals surface area contributed by atoms with Gasteiger partial charge in [0.15, 0.2) is 17.3 Å². The van der Waals surface area contributed by atoms with Gasteiger partial charge in [0, 0.05) is 17.7 Å². The largest absolute Gasteiger partial charge is 0.493 e. The van der Waals surface area contributed by atoms with Crippen LogP contribution in [-0.2, 0) is 11.3 Å². The van der Waals surface area contributed by atoms with Crippen LogP contribution in [0.25, 0.3) is 17.1 Å². The monoisotopic (exact) mass is 460 g/mol. The number of para-hydroxylation sites is 2. The first-order valence-electron chi connectivity index (χ1n) is 10.4. The summed E-state index contributed by atoms with van der Waals surface area (Å²) in [4.78, 5) is 17.2. The van der Waals surface area contributed by atoms with Crippen molar-refractivity contribution in [2.24, 2.45) is 0 Å². The van der Waals surface area contributed by atoms with E-state index in [0.717, 1.165) is 22.6 Å². The molecule has 33 heavy (non-hydrogen) atoms. The number of nitrogens with zero attached hydrogens (tertiary/aromatic N) is 3. The summed E-state index contributed by atoms with van der Waals surface area (Å²) in [5, 5.41) is 8.11. The Hall–Kier alpha value is -3.78. The average Bonchev–Trinajstić information content (AvgIpc) is 3.31. The Morgan fingerprint density at radius 1 is 0.939 bits per heavy atom. The summed E-state index contributed by atoms with van der Waals surface area (Å²) in [6.45, 7) is 0.334. The third kappa shape index (κ3) is 5.35. The molecule has 8 heteroatoms. The van der Waals surface area contributed by atoms with E-state index < -0.39 is 0 Å². The van der Waals surface area contributed by atoms with Crippen molar-refractivity contribution in [2.75, 3.05) is 20.0 Å². The Labute approximate surface area is 196 Å². The zero-order valence-electron chi connectivity index (χ0n) is 18.4. The van der Waals surface area contributed by atoms with E-state index >= 15 is 0 Å². The number of nitrogens with one attached hydrogen (secondary N) is 1. The second-order valence-corrected chi connectivity index (χ2v) is 7.99. The van der Waals surface area contributed by atoms with E-state index in [-0.39, 0.29) is 11.7 Å². The molecule has 0 radical (unpaired) electrons. The topological polar surface area (TPSA) is 78.3 Å². The molecule has 1 N–H and O–H groups in total. The summed E-state index contributed by atoms with van der Waals surface area (Å²) >= 11 is 1.29. The van der Waals surface area contributed by atoms with Crippen LogP contribution in [0.4, 0.5) is 0 Å². The fraction of sp³-hybridized carbons (Fsp3) is 0.160. The number of rotatable bonds is 9. The van der Waals surface area contributed by atoms with Gasteiger partial charge in [-0.25, -0.2) is 9.67 Å². The van der Waals surface area contributed by atoms with Gasteiger partial charge >= 0.3 is 0 Å². The lowest BCUT2D eigenvalue weighted by molar-refractivity contribution is -0.118. The number of thioether (sulfide) groups is 1. The third-order valence-electron chi connectivity index (χ3n) is 4.91. The number of hydrogen-bond donors (Lipinski definition) is 1. The highest BCUT2D eigenvalue weighted by Gasteiger charge is 2.16. The molecule has 168 valence electrons. The van der Waals surface area contributed by atoms with Crippen LogP contribution in [0.1, 0.15) is 5.56 Å². The van der Waals surface area contributed by atoms with Crippen molar-refractivity contribution in [2.45, 2.75) is 11.7 Å². The van der Waals surface area contributed by atoms with E-state index in [1.54, 1.807) is 18.9 Å². The van der Waals surface area contributed by atoms with Gasteiger partial charge in [0.25, 0.3) is 0 Å². The summed E-state index contributed by atoms with van der Waals surface area (Å²) < 4.78 is 12.5. The standard InChI is InChI=1S/C25H24N4O3S/c1-31-21-15-9-12-19(23(21)32-2)16-26-22(30)17-33-25-27-24(18-10-5-3-6-11-18)29(28-25)20-13-7-4-8-14-20/h3-15H,16-17H2,1-2H3,(H,26,30). The predicted molar refractivity (Wildman–Crippen MR) is 129 cm³/mol. The number of hydrogen-bond acceptors (Lipinski definition) is 6. The van der Waals surface area contributed by atoms with E-state index in [0.29, 0.717) is 23.2 Å². The minimum atomic E-state index is -0.123. The van der Waals surface area contributed by atoms with Crippen molar-refractivity contribution in [3.8, 4) is 28.6 Å². The van der Waals surface area contributed by atoms with Gasteiger partial charge in [-0.1, -0.05) is 72.4 Å². The smallest absolute Gasteiger partial charge is 0.230 e. The summed E-state index contributed by atoms with van der Waals surface area (Å²) in [6, 6.07) is 25.3. The van der Waals surface area contributed by atoms with Gasteiger partial charge in [0.2, 0.25) is 11.1 Å². The molecule has 4 rings (SSSR count). The van der Waals surface area contributed by atoms with Crippen LogP contribution < -0.4 is 14.8 Å². The minimum absolute atomic E-state index is 0.123. The molecule has 0 bridgehead atoms. The van der Waals surface area contributed by atoms with Crippen LogP contribution in [0.2, 0.25) is 0 Å². The molecule has 7 nitrogen and oxygen atoms in total. The first-order chi connectivity index (χ1) is 16.2. The second-order valence-electron chi connectivity index (χ2n) is 7.05. The van der Waals surface area contributed by atoms with E-state index in [2.05, 4.69) is 10.4 Å². The number of benzene rings is 3. The molecule has 0 fully saturated rings.